The molecule has 29 nitrogen and oxygen atoms in total. The van der Waals surface area contributed by atoms with Crippen LogP contribution < -0.4 is 43.0 Å². The SMILES string of the molecule is Nc1nc(O)c2nc(CNc3ccc(C(=O)NC(CCC(=O)NC(CC(=O)O)C(=O)NC(CC(=O)O)C(=O)NC(CC(=O)O)C(=O)NC(CCCCNC(=O)c4ccc(F)cc4)C(=O)O)C(=O)O)cc3)cnc2n1. The predicted molar refractivity (Wildman–Crippen MR) is 248 cm³/mol. The van der Waals surface area contributed by atoms with Crippen molar-refractivity contribution in [3.63, 3.8) is 0 Å². The van der Waals surface area contributed by atoms with Crippen molar-refractivity contribution < 1.29 is 87.8 Å². The molecule has 15 N–H and O–H groups in total. The number of halogens is 1. The van der Waals surface area contributed by atoms with Gasteiger partial charge in [-0.3, -0.25) is 43.2 Å². The van der Waals surface area contributed by atoms with Crippen LogP contribution in [0.1, 0.15) is 77.8 Å². The molecule has 2 aromatic heterocycles. The second-order valence-corrected chi connectivity index (χ2v) is 16.0. The fourth-order valence-corrected chi connectivity index (χ4v) is 6.61. The lowest BCUT2D eigenvalue weighted by Crippen LogP contribution is -2.58. The highest BCUT2D eigenvalue weighted by atomic mass is 19.1. The lowest BCUT2D eigenvalue weighted by molar-refractivity contribution is -0.145. The summed E-state index contributed by atoms with van der Waals surface area (Å²) in [6.07, 6.45) is -3.56. The number of nitrogens with zero attached hydrogens (tertiary/aromatic N) is 4. The number of aromatic hydroxyl groups is 1. The van der Waals surface area contributed by atoms with Crippen molar-refractivity contribution >= 4 is 88.1 Å². The molecule has 0 bridgehead atoms. The highest BCUT2D eigenvalue weighted by Gasteiger charge is 2.34. The van der Waals surface area contributed by atoms with Gasteiger partial charge in [0.05, 0.1) is 37.7 Å². The number of anilines is 2. The first-order valence-electron chi connectivity index (χ1n) is 22.0. The van der Waals surface area contributed by atoms with Gasteiger partial charge in [-0.05, 0) is 74.2 Å². The van der Waals surface area contributed by atoms with E-state index in [9.17, 15) is 87.8 Å². The maximum Gasteiger partial charge on any atom is 0.326 e. The molecule has 0 aliphatic carbocycles. The predicted octanol–water partition coefficient (Wildman–Crippen LogP) is -1.53. The number of nitrogens with two attached hydrogens (primary N) is 1. The van der Waals surface area contributed by atoms with Gasteiger partial charge in [-0.15, -0.1) is 0 Å². The summed E-state index contributed by atoms with van der Waals surface area (Å²) in [5.41, 5.74) is 6.59. The van der Waals surface area contributed by atoms with E-state index in [-0.39, 0.29) is 60.6 Å². The summed E-state index contributed by atoms with van der Waals surface area (Å²) >= 11 is 0. The highest BCUT2D eigenvalue weighted by Crippen LogP contribution is 2.19. The number of carbonyl (C=O) groups is 11. The summed E-state index contributed by atoms with van der Waals surface area (Å²) < 4.78 is 13.2. The van der Waals surface area contributed by atoms with E-state index in [1.54, 1.807) is 0 Å². The van der Waals surface area contributed by atoms with Gasteiger partial charge in [0.1, 0.15) is 36.0 Å². The van der Waals surface area contributed by atoms with Gasteiger partial charge in [-0.1, -0.05) is 0 Å². The van der Waals surface area contributed by atoms with E-state index < -0.39 is 139 Å². The summed E-state index contributed by atoms with van der Waals surface area (Å²) in [5.74, 6) is -16.4. The molecule has 74 heavy (non-hydrogen) atoms. The zero-order chi connectivity index (χ0) is 54.6. The van der Waals surface area contributed by atoms with Gasteiger partial charge in [-0.25, -0.2) is 23.9 Å². The number of nitrogen functional groups attached to an aromatic ring is 1. The molecular formula is C44H49FN12O17. The average Bonchev–Trinajstić information content (AvgIpc) is 3.33. The Labute approximate surface area is 415 Å². The molecule has 394 valence electrons. The number of carboxylic acids is 5. The number of hydrogen-bond donors (Lipinski definition) is 14. The van der Waals surface area contributed by atoms with E-state index in [4.69, 9.17) is 5.73 Å². The number of rotatable bonds is 29. The monoisotopic (exact) mass is 1040 g/mol. The number of aliphatic carboxylic acids is 5. The third-order valence-electron chi connectivity index (χ3n) is 10.3. The molecule has 0 saturated carbocycles. The number of nitrogens with one attached hydrogen (secondary N) is 7. The topological polar surface area (TPSA) is 471 Å². The average molecular weight is 1040 g/mol. The Morgan fingerprint density at radius 1 is 0.581 bits per heavy atom. The molecule has 0 spiro atoms. The van der Waals surface area contributed by atoms with Crippen molar-refractivity contribution in [3.8, 4) is 5.88 Å². The van der Waals surface area contributed by atoms with Crippen LogP contribution in [0, 0.1) is 5.82 Å². The summed E-state index contributed by atoms with van der Waals surface area (Å²) in [4.78, 5) is 153. The van der Waals surface area contributed by atoms with Crippen molar-refractivity contribution in [2.24, 2.45) is 0 Å². The molecule has 0 saturated heterocycles. The number of unbranched alkanes of at least 4 members (excludes halogenated alkanes) is 1. The second kappa shape index (κ2) is 27.1. The van der Waals surface area contributed by atoms with Crippen LogP contribution in [-0.4, -0.2) is 153 Å². The minimum atomic E-state index is -2.17. The lowest BCUT2D eigenvalue weighted by Gasteiger charge is -2.24. The van der Waals surface area contributed by atoms with Crippen LogP contribution in [0.25, 0.3) is 11.2 Å². The summed E-state index contributed by atoms with van der Waals surface area (Å²) in [5, 5.41) is 73.8. The molecule has 0 aliphatic rings. The van der Waals surface area contributed by atoms with Gasteiger partial charge in [0.15, 0.2) is 11.2 Å². The number of benzene rings is 2. The first-order chi connectivity index (χ1) is 35.0. The minimum absolute atomic E-state index is 0.00842. The summed E-state index contributed by atoms with van der Waals surface area (Å²) in [6, 6.07) is 0.635. The Hall–Kier alpha value is -9.64. The normalized spacial score (nSPS) is 12.8. The minimum Gasteiger partial charge on any atom is -0.492 e. The zero-order valence-electron chi connectivity index (χ0n) is 38.6. The summed E-state index contributed by atoms with van der Waals surface area (Å²) in [7, 11) is 0. The Kier molecular flexibility index (Phi) is 20.8. The Morgan fingerprint density at radius 3 is 1.62 bits per heavy atom. The van der Waals surface area contributed by atoms with Crippen LogP contribution in [0.4, 0.5) is 16.0 Å². The molecule has 30 heteroatoms. The van der Waals surface area contributed by atoms with Gasteiger partial charge in [0, 0.05) is 29.8 Å². The maximum atomic E-state index is 13.4. The van der Waals surface area contributed by atoms with Crippen LogP contribution in [0.5, 0.6) is 5.88 Å². The van der Waals surface area contributed by atoms with Gasteiger partial charge >= 0.3 is 29.8 Å². The fraction of sp³-hybridized carbons (Fsp3) is 0.341. The molecule has 5 unspecified atom stereocenters. The van der Waals surface area contributed by atoms with Gasteiger partial charge in [0.2, 0.25) is 35.5 Å². The molecule has 4 rings (SSSR count). The van der Waals surface area contributed by atoms with E-state index in [2.05, 4.69) is 41.2 Å². The number of aromatic nitrogens is 4. The zero-order valence-corrected chi connectivity index (χ0v) is 38.6. The quantitative estimate of drug-likeness (QED) is 0.0274. The van der Waals surface area contributed by atoms with Crippen LogP contribution in [0.15, 0.2) is 54.7 Å². The molecule has 2 heterocycles. The molecule has 2 aromatic carbocycles. The van der Waals surface area contributed by atoms with Crippen LogP contribution in [-0.2, 0) is 49.7 Å². The highest BCUT2D eigenvalue weighted by molar-refractivity contribution is 5.99. The molecule has 4 aromatic rings. The van der Waals surface area contributed by atoms with Crippen molar-refractivity contribution in [2.45, 2.75) is 88.1 Å². The molecule has 0 aliphatic heterocycles. The fourth-order valence-electron chi connectivity index (χ4n) is 6.61. The second-order valence-electron chi connectivity index (χ2n) is 16.0. The van der Waals surface area contributed by atoms with Crippen molar-refractivity contribution in [1.82, 2.24) is 51.8 Å². The van der Waals surface area contributed by atoms with E-state index in [0.29, 0.717) is 11.4 Å². The van der Waals surface area contributed by atoms with Crippen molar-refractivity contribution in [3.05, 3.63) is 77.4 Å². The third kappa shape index (κ3) is 18.3. The molecule has 0 fully saturated rings. The van der Waals surface area contributed by atoms with E-state index in [1.165, 1.54) is 42.6 Å². The number of carbonyl (C=O) groups excluding carboxylic acids is 6. The van der Waals surface area contributed by atoms with Gasteiger partial charge in [-0.2, -0.15) is 9.97 Å². The van der Waals surface area contributed by atoms with Gasteiger partial charge in [0.25, 0.3) is 11.8 Å². The van der Waals surface area contributed by atoms with E-state index in [1.807, 2.05) is 16.0 Å². The largest absolute Gasteiger partial charge is 0.492 e. The molecule has 0 radical (unpaired) electrons. The van der Waals surface area contributed by atoms with Crippen molar-refractivity contribution in [2.75, 3.05) is 17.6 Å². The standard InChI is InChI=1S/C44H49FN12O17/c45-22-8-4-20(5-9-22)36(65)47-14-2-1-3-25(42(71)72)53-39(68)28(16-32(61)62)55-40(69)29(17-33(63)64)54-38(67)27(15-31(59)60)51-30(58)13-12-26(43(73)74)52-37(66)21-6-10-23(11-7-21)48-18-24-19-49-35-34(50-24)41(70)57-44(46)56-35/h4-11,19,25-29,48H,1-3,12-18H2,(H,47,65)(H,51,58)(H,52,66)(H,53,68)(H,54,67)(H,55,69)(H,59,60)(H,61,62)(H,63,64)(H,71,72)(H,73,74)(H3,46,49,56,57,70). The first kappa shape index (κ1) is 56.9. The first-order valence-corrected chi connectivity index (χ1v) is 22.0. The molecular weight excluding hydrogens is 988 g/mol. The third-order valence-corrected chi connectivity index (χ3v) is 10.3. The Bertz CT molecular complexity index is 2770. The number of carboxylic acid groups (broad SMARTS) is 5. The smallest absolute Gasteiger partial charge is 0.326 e. The van der Waals surface area contributed by atoms with Gasteiger partial charge < -0.3 is 73.6 Å². The molecule has 6 amide bonds. The lowest BCUT2D eigenvalue weighted by atomic mass is 10.1. The number of hydrogen-bond acceptors (Lipinski definition) is 18. The maximum absolute atomic E-state index is 13.4. The molecule has 5 atom stereocenters. The number of fused-ring (bicyclic) bond motifs is 1. The van der Waals surface area contributed by atoms with Crippen molar-refractivity contribution in [1.29, 1.82) is 0 Å². The van der Waals surface area contributed by atoms with E-state index >= 15 is 0 Å². The van der Waals surface area contributed by atoms with Crippen LogP contribution in [0.2, 0.25) is 0 Å². The van der Waals surface area contributed by atoms with E-state index in [0.717, 1.165) is 12.1 Å². The Morgan fingerprint density at radius 2 is 1.08 bits per heavy atom. The Balaban J connectivity index is 1.32. The number of amides is 6. The van der Waals surface area contributed by atoms with Crippen LogP contribution >= 0.6 is 0 Å². The van der Waals surface area contributed by atoms with Crippen LogP contribution in [0.3, 0.4) is 0 Å². The summed E-state index contributed by atoms with van der Waals surface area (Å²) in [6.45, 7) is 0.139.